The van der Waals surface area contributed by atoms with E-state index in [2.05, 4.69) is 0 Å². The summed E-state index contributed by atoms with van der Waals surface area (Å²) >= 11 is 0. The minimum absolute atomic E-state index is 0.400. The molecule has 0 nitrogen and oxygen atoms in total. The topological polar surface area (TPSA) is 0 Å². The third kappa shape index (κ3) is 3.81. The molecule has 0 bridgehead atoms. The Morgan fingerprint density at radius 1 is 0.864 bits per heavy atom. The maximum Gasteiger partial charge on any atom is 0.113 e. The zero-order valence-electron chi connectivity index (χ0n) is 12.7. The average Bonchev–Trinajstić information content (AvgIpc) is 2.47. The number of benzene rings is 1. The summed E-state index contributed by atoms with van der Waals surface area (Å²) in [5.74, 6) is 0. The summed E-state index contributed by atoms with van der Waals surface area (Å²) in [5, 5.41) is 0. The SMILES string of the molecule is [B][B]B([B])c1c(B([B])B([B])[B])c(C)c([B])c([B][B])c1B([B])[B]. The van der Waals surface area contributed by atoms with Crippen LogP contribution in [0.15, 0.2) is 0 Å². The lowest BCUT2D eigenvalue weighted by Crippen LogP contribution is -2.73. The van der Waals surface area contributed by atoms with Gasteiger partial charge in [0.1, 0.15) is 7.85 Å². The van der Waals surface area contributed by atoms with Gasteiger partial charge >= 0.3 is 0 Å². The molecule has 76 valence electrons. The van der Waals surface area contributed by atoms with Crippen LogP contribution < -0.4 is 27.3 Å². The molecule has 0 aliphatic carbocycles. The molecule has 15 heteroatoms. The van der Waals surface area contributed by atoms with Crippen LogP contribution in [0.3, 0.4) is 0 Å². The number of hydrogen-bond donors (Lipinski definition) is 0. The van der Waals surface area contributed by atoms with Crippen molar-refractivity contribution in [2.24, 2.45) is 0 Å². The molecule has 0 aliphatic rings. The second kappa shape index (κ2) is 8.34. The van der Waals surface area contributed by atoms with E-state index in [1.165, 1.54) is 14.2 Å². The molecule has 1 aromatic carbocycles. The second-order valence-corrected chi connectivity index (χ2v) is 5.21. The summed E-state index contributed by atoms with van der Waals surface area (Å²) in [5.41, 5.74) is 3.18. The molecule has 0 atom stereocenters. The van der Waals surface area contributed by atoms with Crippen LogP contribution in [0.2, 0.25) is 0 Å². The molecule has 0 amide bonds. The molecular weight excluding hydrogens is 246 g/mol. The van der Waals surface area contributed by atoms with Crippen molar-refractivity contribution in [2.45, 2.75) is 6.92 Å². The minimum atomic E-state index is -0.876. The Balaban J connectivity index is 3.89. The van der Waals surface area contributed by atoms with Crippen LogP contribution in [0, 0.1) is 6.92 Å². The molecule has 0 unspecified atom stereocenters. The monoisotopic (exact) mass is 252 g/mol. The van der Waals surface area contributed by atoms with Gasteiger partial charge < -0.3 is 0 Å². The summed E-state index contributed by atoms with van der Waals surface area (Å²) < 4.78 is 0. The Labute approximate surface area is 149 Å². The van der Waals surface area contributed by atoms with Gasteiger partial charge in [-0.1, -0.05) is 5.56 Å². The van der Waals surface area contributed by atoms with Crippen LogP contribution in [0.1, 0.15) is 5.56 Å². The van der Waals surface area contributed by atoms with Crippen LogP contribution in [0.5, 0.6) is 0 Å². The Kier molecular flexibility index (Phi) is 7.67. The second-order valence-electron chi connectivity index (χ2n) is 5.21. The first-order chi connectivity index (χ1) is 10.2. The van der Waals surface area contributed by atoms with E-state index in [1.54, 1.807) is 6.92 Å². The van der Waals surface area contributed by atoms with Crippen LogP contribution >= 0.6 is 0 Å². The molecule has 0 aromatic heterocycles. The molecule has 0 spiro atoms. The van der Waals surface area contributed by atoms with Gasteiger partial charge in [-0.05, 0) is 6.92 Å². The first kappa shape index (κ1) is 20.2. The largest absolute Gasteiger partial charge is 0.114 e. The zero-order valence-corrected chi connectivity index (χ0v) is 12.7. The molecular formula is C7H3B15. The van der Waals surface area contributed by atoms with Crippen LogP contribution in [0.4, 0.5) is 0 Å². The fourth-order valence-electron chi connectivity index (χ4n) is 2.60. The fourth-order valence-corrected chi connectivity index (χ4v) is 2.60. The first-order valence-corrected chi connectivity index (χ1v) is 6.78. The van der Waals surface area contributed by atoms with Gasteiger partial charge in [-0.3, -0.25) is 0 Å². The van der Waals surface area contributed by atoms with Gasteiger partial charge in [0, 0.05) is 75.3 Å². The van der Waals surface area contributed by atoms with Crippen molar-refractivity contribution in [3.05, 3.63) is 5.56 Å². The summed E-state index contributed by atoms with van der Waals surface area (Å²) in [7, 11) is 55.5. The average molecular weight is 249 g/mol. The molecule has 0 aliphatic heterocycles. The molecule has 1 rings (SSSR count). The quantitative estimate of drug-likeness (QED) is 0.439. The lowest BCUT2D eigenvalue weighted by atomic mass is 8.85. The maximum absolute atomic E-state index is 6.14. The lowest BCUT2D eigenvalue weighted by Gasteiger charge is -2.33. The maximum atomic E-state index is 6.14. The predicted octanol–water partition coefficient (Wildman–Crippen LogP) is -7.84. The van der Waals surface area contributed by atoms with Gasteiger partial charge in [0.25, 0.3) is 0 Å². The standard InChI is InChI=1S/C7H3B15/c1-2-3(8)4(17-9)6(19(11)12)7(20(13)18-10)5(2)21(14)22(15)16/h1H3. The highest BCUT2D eigenvalue weighted by Crippen LogP contribution is 1.92. The van der Waals surface area contributed by atoms with Crippen molar-refractivity contribution in [1.82, 2.24) is 0 Å². The summed E-state index contributed by atoms with van der Waals surface area (Å²) in [6, 6.07) is 0. The van der Waals surface area contributed by atoms with Crippen molar-refractivity contribution in [2.75, 3.05) is 0 Å². The van der Waals surface area contributed by atoms with Crippen LogP contribution in [-0.2, 0) is 0 Å². The van der Waals surface area contributed by atoms with E-state index in [4.69, 9.17) is 69.7 Å². The van der Waals surface area contributed by atoms with E-state index in [1.807, 2.05) is 0 Å². The molecule has 0 saturated carbocycles. The van der Waals surface area contributed by atoms with Crippen molar-refractivity contribution >= 4 is 137 Å². The molecule has 0 saturated heterocycles. The summed E-state index contributed by atoms with van der Waals surface area (Å²) in [4.78, 5) is 0. The van der Waals surface area contributed by atoms with Gasteiger partial charge in [-0.2, -0.15) is 0 Å². The van der Waals surface area contributed by atoms with E-state index in [9.17, 15) is 0 Å². The Morgan fingerprint density at radius 3 is 1.77 bits per heavy atom. The van der Waals surface area contributed by atoms with Crippen molar-refractivity contribution < 1.29 is 0 Å². The van der Waals surface area contributed by atoms with Crippen molar-refractivity contribution in [3.63, 3.8) is 0 Å². The Morgan fingerprint density at radius 2 is 1.41 bits per heavy atom. The highest BCUT2D eigenvalue weighted by atomic mass is 14.0. The van der Waals surface area contributed by atoms with Crippen molar-refractivity contribution in [1.29, 1.82) is 0 Å². The first-order valence-electron chi connectivity index (χ1n) is 6.78. The Hall–Kier alpha value is 0.194. The minimum Gasteiger partial charge on any atom is -0.114 e. The van der Waals surface area contributed by atoms with Gasteiger partial charge in [0.05, 0.1) is 26.7 Å². The number of rotatable bonds is 6. The van der Waals surface area contributed by atoms with E-state index >= 15 is 0 Å². The molecule has 0 N–H and O–H groups in total. The predicted molar refractivity (Wildman–Crippen MR) is 116 cm³/mol. The van der Waals surface area contributed by atoms with Crippen LogP contribution in [-0.4, -0.2) is 110 Å². The molecule has 20 radical (unpaired) electrons. The highest BCUT2D eigenvalue weighted by Gasteiger charge is 2.27. The smallest absolute Gasteiger partial charge is 0.113 e. The van der Waals surface area contributed by atoms with Crippen molar-refractivity contribution in [3.8, 4) is 0 Å². The normalized spacial score (nSPS) is 9.86. The summed E-state index contributed by atoms with van der Waals surface area (Å²) in [6.45, 7) is -0.493. The Bertz CT molecular complexity index is 525. The van der Waals surface area contributed by atoms with Gasteiger partial charge in [0.2, 0.25) is 0 Å². The van der Waals surface area contributed by atoms with E-state index in [0.717, 1.165) is 0 Å². The van der Waals surface area contributed by atoms with Crippen LogP contribution in [0.25, 0.3) is 0 Å². The van der Waals surface area contributed by atoms with E-state index in [0.29, 0.717) is 32.9 Å². The zero-order chi connectivity index (χ0) is 17.2. The van der Waals surface area contributed by atoms with Gasteiger partial charge in [-0.15, -0.1) is 27.3 Å². The lowest BCUT2D eigenvalue weighted by molar-refractivity contribution is 1.60. The third-order valence-electron chi connectivity index (χ3n) is 3.76. The third-order valence-corrected chi connectivity index (χ3v) is 3.76. The molecule has 22 heavy (non-hydrogen) atoms. The molecule has 1 aromatic rings. The molecule has 0 heterocycles. The number of hydrogen-bond acceptors (Lipinski definition) is 0. The van der Waals surface area contributed by atoms with E-state index < -0.39 is 25.9 Å². The van der Waals surface area contributed by atoms with Gasteiger partial charge in [0.15, 0.2) is 0 Å². The fraction of sp³-hybridized carbons (Fsp3) is 0.143. The molecule has 0 fully saturated rings. The highest BCUT2D eigenvalue weighted by molar-refractivity contribution is 7.70. The van der Waals surface area contributed by atoms with E-state index in [-0.39, 0.29) is 0 Å². The van der Waals surface area contributed by atoms with Gasteiger partial charge in [-0.25, -0.2) is 0 Å². The summed E-state index contributed by atoms with van der Waals surface area (Å²) in [6.07, 6.45) is -0.823.